The van der Waals surface area contributed by atoms with Crippen molar-refractivity contribution in [2.75, 3.05) is 0 Å². The van der Waals surface area contributed by atoms with Gasteiger partial charge in [0, 0.05) is 11.9 Å². The van der Waals surface area contributed by atoms with Gasteiger partial charge in [-0.3, -0.25) is 4.68 Å². The van der Waals surface area contributed by atoms with Crippen LogP contribution in [-0.4, -0.2) is 29.4 Å². The second kappa shape index (κ2) is 4.61. The number of fused-ring (bicyclic) bond motifs is 3. The monoisotopic (exact) mass is 312 g/mol. The van der Waals surface area contributed by atoms with E-state index in [1.807, 2.05) is 24.7 Å². The van der Waals surface area contributed by atoms with Crippen LogP contribution in [-0.2, 0) is 13.5 Å². The summed E-state index contributed by atoms with van der Waals surface area (Å²) in [6.07, 6.45) is 2.72. The number of thiophene rings is 1. The van der Waals surface area contributed by atoms with Crippen LogP contribution in [0, 0.1) is 13.8 Å². The van der Waals surface area contributed by atoms with Crippen LogP contribution in [0.4, 0.5) is 0 Å². The highest BCUT2D eigenvalue weighted by atomic mass is 32.1. The fraction of sp³-hybridized carbons (Fsp3) is 0.333. The van der Waals surface area contributed by atoms with Gasteiger partial charge in [0.1, 0.15) is 16.9 Å². The molecule has 0 N–H and O–H groups in total. The van der Waals surface area contributed by atoms with Crippen LogP contribution in [0.15, 0.2) is 12.4 Å². The standard InChI is InChI=1S/C15H16N6S/c1-5-10-9(3)22-15-12(10)14-17-13(19-21(14)7-16-15)11-6-8(2)18-20(11)4/h6-7H,5H2,1-4H3. The zero-order valence-electron chi connectivity index (χ0n) is 13.0. The normalized spacial score (nSPS) is 11.8. The molecule has 4 heterocycles. The molecule has 0 saturated heterocycles. The van der Waals surface area contributed by atoms with Crippen molar-refractivity contribution in [2.24, 2.45) is 7.05 Å². The van der Waals surface area contributed by atoms with E-state index < -0.39 is 0 Å². The molecule has 0 radical (unpaired) electrons. The van der Waals surface area contributed by atoms with Crippen molar-refractivity contribution in [2.45, 2.75) is 27.2 Å². The van der Waals surface area contributed by atoms with Gasteiger partial charge < -0.3 is 0 Å². The van der Waals surface area contributed by atoms with Crippen LogP contribution in [0.3, 0.4) is 0 Å². The molecule has 7 heteroatoms. The van der Waals surface area contributed by atoms with Crippen molar-refractivity contribution in [1.29, 1.82) is 0 Å². The zero-order valence-corrected chi connectivity index (χ0v) is 13.8. The molecule has 0 saturated carbocycles. The summed E-state index contributed by atoms with van der Waals surface area (Å²) < 4.78 is 3.58. The van der Waals surface area contributed by atoms with E-state index in [0.29, 0.717) is 5.82 Å². The zero-order chi connectivity index (χ0) is 15.4. The van der Waals surface area contributed by atoms with Gasteiger partial charge in [-0.1, -0.05) is 6.92 Å². The second-order valence-corrected chi connectivity index (χ2v) is 6.62. The summed E-state index contributed by atoms with van der Waals surface area (Å²) in [5.74, 6) is 0.684. The van der Waals surface area contributed by atoms with Gasteiger partial charge in [0.2, 0.25) is 0 Å². The quantitative estimate of drug-likeness (QED) is 0.571. The number of nitrogens with zero attached hydrogens (tertiary/aromatic N) is 6. The Hall–Kier alpha value is -2.28. The lowest BCUT2D eigenvalue weighted by molar-refractivity contribution is 0.758. The van der Waals surface area contributed by atoms with Crippen LogP contribution >= 0.6 is 11.3 Å². The van der Waals surface area contributed by atoms with Gasteiger partial charge in [-0.25, -0.2) is 14.5 Å². The van der Waals surface area contributed by atoms with E-state index >= 15 is 0 Å². The van der Waals surface area contributed by atoms with Crippen LogP contribution in [0.1, 0.15) is 23.1 Å². The number of aromatic nitrogens is 6. The lowest BCUT2D eigenvalue weighted by Crippen LogP contribution is -1.95. The maximum atomic E-state index is 4.76. The van der Waals surface area contributed by atoms with E-state index in [1.165, 1.54) is 10.4 Å². The van der Waals surface area contributed by atoms with Crippen LogP contribution in [0.5, 0.6) is 0 Å². The Morgan fingerprint density at radius 3 is 2.73 bits per heavy atom. The van der Waals surface area contributed by atoms with Crippen molar-refractivity contribution < 1.29 is 0 Å². The topological polar surface area (TPSA) is 60.9 Å². The fourth-order valence-corrected chi connectivity index (χ4v) is 4.00. The van der Waals surface area contributed by atoms with Gasteiger partial charge in [0.25, 0.3) is 0 Å². The van der Waals surface area contributed by atoms with Gasteiger partial charge in [-0.05, 0) is 31.9 Å². The first-order valence-corrected chi connectivity index (χ1v) is 8.04. The molecule has 0 unspecified atom stereocenters. The van der Waals surface area contributed by atoms with Crippen molar-refractivity contribution in [1.82, 2.24) is 29.4 Å². The second-order valence-electron chi connectivity index (χ2n) is 5.41. The third-order valence-corrected chi connectivity index (χ3v) is 4.97. The summed E-state index contributed by atoms with van der Waals surface area (Å²) in [5.41, 5.74) is 4.07. The highest BCUT2D eigenvalue weighted by Gasteiger charge is 2.17. The van der Waals surface area contributed by atoms with E-state index in [-0.39, 0.29) is 0 Å². The Morgan fingerprint density at radius 1 is 1.23 bits per heavy atom. The third-order valence-electron chi connectivity index (χ3n) is 3.91. The first kappa shape index (κ1) is 13.4. The summed E-state index contributed by atoms with van der Waals surface area (Å²) in [6.45, 7) is 6.28. The molecule has 6 nitrogen and oxygen atoms in total. The minimum Gasteiger partial charge on any atom is -0.264 e. The van der Waals surface area contributed by atoms with E-state index in [9.17, 15) is 0 Å². The summed E-state index contributed by atoms with van der Waals surface area (Å²) in [5, 5.41) is 10.1. The molecule has 0 spiro atoms. The SMILES string of the molecule is CCc1c(C)sc2ncn3nc(-c4cc(C)nn4C)nc3c12. The maximum absolute atomic E-state index is 4.76. The predicted octanol–water partition coefficient (Wildman–Crippen LogP) is 2.92. The minimum atomic E-state index is 0.684. The Morgan fingerprint density at radius 2 is 2.05 bits per heavy atom. The predicted molar refractivity (Wildman–Crippen MR) is 87.2 cm³/mol. The van der Waals surface area contributed by atoms with E-state index in [0.717, 1.165) is 33.7 Å². The molecule has 22 heavy (non-hydrogen) atoms. The van der Waals surface area contributed by atoms with Crippen LogP contribution in [0.25, 0.3) is 27.4 Å². The molecule has 0 atom stereocenters. The number of hydrogen-bond acceptors (Lipinski definition) is 5. The summed E-state index contributed by atoms with van der Waals surface area (Å²) in [7, 11) is 1.91. The first-order valence-electron chi connectivity index (χ1n) is 7.23. The molecule has 0 fully saturated rings. The van der Waals surface area contributed by atoms with Gasteiger partial charge in [0.05, 0.1) is 11.1 Å². The first-order chi connectivity index (χ1) is 10.6. The molecule has 0 amide bonds. The number of aryl methyl sites for hydroxylation is 4. The maximum Gasteiger partial charge on any atom is 0.200 e. The van der Waals surface area contributed by atoms with E-state index in [4.69, 9.17) is 4.98 Å². The van der Waals surface area contributed by atoms with Crippen molar-refractivity contribution in [3.8, 4) is 11.5 Å². The molecular weight excluding hydrogens is 296 g/mol. The molecule has 4 rings (SSSR count). The van der Waals surface area contributed by atoms with Crippen molar-refractivity contribution in [3.05, 3.63) is 28.5 Å². The molecule has 4 aromatic heterocycles. The Bertz CT molecular complexity index is 1010. The van der Waals surface area contributed by atoms with Crippen molar-refractivity contribution >= 4 is 27.2 Å². The lowest BCUT2D eigenvalue weighted by Gasteiger charge is -1.96. The van der Waals surface area contributed by atoms with Crippen molar-refractivity contribution in [3.63, 3.8) is 0 Å². The third kappa shape index (κ3) is 1.78. The fourth-order valence-electron chi connectivity index (χ4n) is 2.92. The van der Waals surface area contributed by atoms with E-state index in [1.54, 1.807) is 22.2 Å². The molecule has 0 bridgehead atoms. The number of rotatable bonds is 2. The van der Waals surface area contributed by atoms with Gasteiger partial charge in [-0.15, -0.1) is 16.4 Å². The average Bonchev–Trinajstić information content (AvgIpc) is 3.12. The van der Waals surface area contributed by atoms with Crippen LogP contribution in [0.2, 0.25) is 0 Å². The Balaban J connectivity index is 2.05. The summed E-state index contributed by atoms with van der Waals surface area (Å²) >= 11 is 1.72. The van der Waals surface area contributed by atoms with E-state index in [2.05, 4.69) is 29.0 Å². The lowest BCUT2D eigenvalue weighted by atomic mass is 10.1. The highest BCUT2D eigenvalue weighted by molar-refractivity contribution is 7.18. The molecular formula is C15H16N6S. The molecule has 0 aliphatic carbocycles. The average molecular weight is 312 g/mol. The molecule has 0 aromatic carbocycles. The summed E-state index contributed by atoms with van der Waals surface area (Å²) in [6, 6.07) is 2.00. The van der Waals surface area contributed by atoms with Gasteiger partial charge in [0.15, 0.2) is 11.5 Å². The summed E-state index contributed by atoms with van der Waals surface area (Å²) in [4.78, 5) is 11.6. The largest absolute Gasteiger partial charge is 0.264 e. The molecule has 4 aromatic rings. The van der Waals surface area contributed by atoms with Gasteiger partial charge >= 0.3 is 0 Å². The smallest absolute Gasteiger partial charge is 0.200 e. The minimum absolute atomic E-state index is 0.684. The highest BCUT2D eigenvalue weighted by Crippen LogP contribution is 2.32. The Kier molecular flexibility index (Phi) is 2.80. The van der Waals surface area contributed by atoms with Gasteiger partial charge in [-0.2, -0.15) is 5.10 Å². The van der Waals surface area contributed by atoms with Crippen LogP contribution < -0.4 is 0 Å². The molecule has 0 aliphatic heterocycles. The molecule has 0 aliphatic rings. The number of hydrogen-bond donors (Lipinski definition) is 0. The Labute approximate surface area is 131 Å². The molecule has 112 valence electrons.